The average molecular weight is 566 g/mol. The van der Waals surface area contributed by atoms with Crippen molar-refractivity contribution in [3.63, 3.8) is 0 Å². The van der Waals surface area contributed by atoms with Gasteiger partial charge in [-0.3, -0.25) is 0 Å². The molecule has 0 radical (unpaired) electrons. The first-order valence-corrected chi connectivity index (χ1v) is 14.3. The lowest BCUT2D eigenvalue weighted by Gasteiger charge is -2.30. The van der Waals surface area contributed by atoms with Crippen LogP contribution in [0.3, 0.4) is 0 Å². The van der Waals surface area contributed by atoms with Gasteiger partial charge in [-0.1, -0.05) is 26.0 Å². The van der Waals surface area contributed by atoms with Crippen molar-refractivity contribution in [3.8, 4) is 17.2 Å². The molecule has 2 aromatic rings. The number of aliphatic hydroxyl groups excluding tert-OH is 1. The summed E-state index contributed by atoms with van der Waals surface area (Å²) in [4.78, 5) is 13.6. The van der Waals surface area contributed by atoms with E-state index in [1.54, 1.807) is 24.3 Å². The second-order valence-corrected chi connectivity index (χ2v) is 12.1. The molecule has 0 unspecified atom stereocenters. The Labute approximate surface area is 230 Å². The lowest BCUT2D eigenvalue weighted by Crippen LogP contribution is -2.50. The van der Waals surface area contributed by atoms with Crippen molar-refractivity contribution in [2.45, 2.75) is 43.7 Å². The van der Waals surface area contributed by atoms with E-state index < -0.39 is 28.3 Å². The van der Waals surface area contributed by atoms with Gasteiger partial charge in [-0.25, -0.2) is 13.2 Å². The standard InChI is InChI=1S/C27H39N3O8S/c1-19(2)16-30(39(34,35)22-10-11-25-26(15-22)38-18-37-25)17-24(31)23(28-27(32)33)14-20-6-8-21(9-7-20)36-13-5-12-29(3)4/h6-11,15,19,23-24,28,31H,5,12-14,16-18H2,1-4H3,(H,32,33)/t23-,24-/m0/s1. The lowest BCUT2D eigenvalue weighted by molar-refractivity contribution is 0.0980. The summed E-state index contributed by atoms with van der Waals surface area (Å²) in [5, 5.41) is 22.9. The van der Waals surface area contributed by atoms with Gasteiger partial charge in [0.25, 0.3) is 0 Å². The Bertz CT molecular complexity index is 1190. The number of hydrogen-bond donors (Lipinski definition) is 3. The van der Waals surface area contributed by atoms with Crippen molar-refractivity contribution in [2.24, 2.45) is 5.92 Å². The quantitative estimate of drug-likeness (QED) is 0.278. The van der Waals surface area contributed by atoms with Crippen LogP contribution in [0.1, 0.15) is 25.8 Å². The minimum atomic E-state index is -4.03. The van der Waals surface area contributed by atoms with Crippen LogP contribution >= 0.6 is 0 Å². The predicted molar refractivity (Wildman–Crippen MR) is 146 cm³/mol. The van der Waals surface area contributed by atoms with Crippen LogP contribution in [-0.4, -0.2) is 93.2 Å². The van der Waals surface area contributed by atoms with Gasteiger partial charge in [0.2, 0.25) is 16.8 Å². The molecule has 1 amide bonds. The third kappa shape index (κ3) is 8.99. The van der Waals surface area contributed by atoms with Gasteiger partial charge in [0.1, 0.15) is 5.75 Å². The monoisotopic (exact) mass is 565 g/mol. The van der Waals surface area contributed by atoms with E-state index in [0.29, 0.717) is 23.9 Å². The number of benzene rings is 2. The Hall–Kier alpha value is -3.06. The zero-order chi connectivity index (χ0) is 28.6. The molecular weight excluding hydrogens is 526 g/mol. The molecule has 2 atom stereocenters. The molecule has 0 spiro atoms. The Morgan fingerprint density at radius 2 is 1.77 bits per heavy atom. The Kier molecular flexibility index (Phi) is 10.8. The summed E-state index contributed by atoms with van der Waals surface area (Å²) in [6.45, 7) is 5.07. The molecule has 2 aromatic carbocycles. The third-order valence-corrected chi connectivity index (χ3v) is 7.94. The summed E-state index contributed by atoms with van der Waals surface area (Å²) >= 11 is 0. The van der Waals surface area contributed by atoms with Crippen molar-refractivity contribution < 1.29 is 37.6 Å². The number of nitrogens with one attached hydrogen (secondary N) is 1. The zero-order valence-electron chi connectivity index (χ0n) is 22.9. The fourth-order valence-corrected chi connectivity index (χ4v) is 5.83. The lowest BCUT2D eigenvalue weighted by atomic mass is 10.0. The third-order valence-electron chi connectivity index (χ3n) is 6.11. The highest BCUT2D eigenvalue weighted by molar-refractivity contribution is 7.89. The molecule has 39 heavy (non-hydrogen) atoms. The van der Waals surface area contributed by atoms with Crippen LogP contribution in [0.4, 0.5) is 4.79 Å². The molecule has 3 N–H and O–H groups in total. The second kappa shape index (κ2) is 13.8. The minimum absolute atomic E-state index is 0.00325. The van der Waals surface area contributed by atoms with Gasteiger partial charge in [0.05, 0.1) is 23.6 Å². The van der Waals surface area contributed by atoms with Gasteiger partial charge in [-0.2, -0.15) is 4.31 Å². The van der Waals surface area contributed by atoms with Crippen molar-refractivity contribution in [1.82, 2.24) is 14.5 Å². The molecule has 11 nitrogen and oxygen atoms in total. The van der Waals surface area contributed by atoms with Crippen molar-refractivity contribution in [2.75, 3.05) is 47.1 Å². The number of ether oxygens (including phenoxy) is 3. The molecule has 1 heterocycles. The van der Waals surface area contributed by atoms with Crippen LogP contribution in [-0.2, 0) is 16.4 Å². The maximum Gasteiger partial charge on any atom is 0.404 e. The Morgan fingerprint density at radius 1 is 1.08 bits per heavy atom. The molecular formula is C27H39N3O8S. The highest BCUT2D eigenvalue weighted by atomic mass is 32.2. The first-order valence-electron chi connectivity index (χ1n) is 12.9. The summed E-state index contributed by atoms with van der Waals surface area (Å²) < 4.78 is 44.6. The van der Waals surface area contributed by atoms with Gasteiger partial charge in [-0.15, -0.1) is 0 Å². The summed E-state index contributed by atoms with van der Waals surface area (Å²) in [7, 11) is -0.0275. The molecule has 0 bridgehead atoms. The SMILES string of the molecule is CC(C)CN(C[C@H](O)[C@H](Cc1ccc(OCCCN(C)C)cc1)NC(=O)O)S(=O)(=O)c1ccc2c(c1)OCO2. The summed E-state index contributed by atoms with van der Waals surface area (Å²) in [6, 6.07) is 10.6. The Balaban J connectivity index is 1.72. The van der Waals surface area contributed by atoms with E-state index in [-0.39, 0.29) is 37.1 Å². The van der Waals surface area contributed by atoms with E-state index >= 15 is 0 Å². The van der Waals surface area contributed by atoms with E-state index in [2.05, 4.69) is 10.2 Å². The minimum Gasteiger partial charge on any atom is -0.494 e. The van der Waals surface area contributed by atoms with E-state index in [4.69, 9.17) is 14.2 Å². The fourth-order valence-electron chi connectivity index (χ4n) is 4.19. The van der Waals surface area contributed by atoms with E-state index in [9.17, 15) is 23.4 Å². The normalized spacial score (nSPS) is 14.6. The molecule has 216 valence electrons. The maximum absolute atomic E-state index is 13.6. The summed E-state index contributed by atoms with van der Waals surface area (Å²) in [5.74, 6) is 1.44. The predicted octanol–water partition coefficient (Wildman–Crippen LogP) is 2.63. The van der Waals surface area contributed by atoms with Crippen LogP contribution in [0.25, 0.3) is 0 Å². The number of rotatable bonds is 15. The van der Waals surface area contributed by atoms with Crippen LogP contribution in [0.2, 0.25) is 0 Å². The van der Waals surface area contributed by atoms with Crippen LogP contribution in [0.15, 0.2) is 47.4 Å². The van der Waals surface area contributed by atoms with Gasteiger partial charge in [0, 0.05) is 25.7 Å². The van der Waals surface area contributed by atoms with Crippen LogP contribution < -0.4 is 19.5 Å². The molecule has 1 aliphatic rings. The zero-order valence-corrected chi connectivity index (χ0v) is 23.7. The smallest absolute Gasteiger partial charge is 0.404 e. The molecule has 0 aromatic heterocycles. The highest BCUT2D eigenvalue weighted by Crippen LogP contribution is 2.35. The van der Waals surface area contributed by atoms with E-state index in [1.165, 1.54) is 22.5 Å². The highest BCUT2D eigenvalue weighted by Gasteiger charge is 2.32. The topological polar surface area (TPSA) is 138 Å². The van der Waals surface area contributed by atoms with Crippen LogP contribution in [0, 0.1) is 5.92 Å². The number of fused-ring (bicyclic) bond motifs is 1. The molecule has 3 rings (SSSR count). The molecule has 12 heteroatoms. The average Bonchev–Trinajstić information content (AvgIpc) is 3.34. The number of amides is 1. The van der Waals surface area contributed by atoms with Gasteiger partial charge < -0.3 is 34.6 Å². The number of carboxylic acid groups (broad SMARTS) is 1. The summed E-state index contributed by atoms with van der Waals surface area (Å²) in [5.41, 5.74) is 0.766. The molecule has 0 fully saturated rings. The largest absolute Gasteiger partial charge is 0.494 e. The van der Waals surface area contributed by atoms with Crippen LogP contribution in [0.5, 0.6) is 17.2 Å². The first-order chi connectivity index (χ1) is 18.5. The van der Waals surface area contributed by atoms with E-state index in [0.717, 1.165) is 18.5 Å². The molecule has 0 saturated heterocycles. The fraction of sp³-hybridized carbons (Fsp3) is 0.519. The van der Waals surface area contributed by atoms with Crippen molar-refractivity contribution in [3.05, 3.63) is 48.0 Å². The number of nitrogens with zero attached hydrogens (tertiary/aromatic N) is 2. The number of aliphatic hydroxyl groups is 1. The van der Waals surface area contributed by atoms with Gasteiger partial charge >= 0.3 is 6.09 Å². The molecule has 0 aliphatic carbocycles. The number of carbonyl (C=O) groups is 1. The van der Waals surface area contributed by atoms with Crippen molar-refractivity contribution in [1.29, 1.82) is 0 Å². The van der Waals surface area contributed by atoms with Gasteiger partial charge in [0.15, 0.2) is 11.5 Å². The second-order valence-electron chi connectivity index (χ2n) is 10.2. The Morgan fingerprint density at radius 3 is 2.41 bits per heavy atom. The number of hydrogen-bond acceptors (Lipinski definition) is 8. The maximum atomic E-state index is 13.6. The molecule has 0 saturated carbocycles. The molecule has 1 aliphatic heterocycles. The van der Waals surface area contributed by atoms with Crippen molar-refractivity contribution >= 4 is 16.1 Å². The number of sulfonamides is 1. The summed E-state index contributed by atoms with van der Waals surface area (Å²) in [6.07, 6.45) is -1.58. The first kappa shape index (κ1) is 30.5. The van der Waals surface area contributed by atoms with Gasteiger partial charge in [-0.05, 0) is 62.7 Å². The van der Waals surface area contributed by atoms with E-state index in [1.807, 2.05) is 27.9 Å².